The van der Waals surface area contributed by atoms with Gasteiger partial charge >= 0.3 is 0 Å². The number of nitrogens with one attached hydrogen (secondary N) is 4. The summed E-state index contributed by atoms with van der Waals surface area (Å²) < 4.78 is 0. The van der Waals surface area contributed by atoms with E-state index in [9.17, 15) is 14.9 Å². The number of aromatic amines is 2. The number of aromatic nitrogens is 5. The fourth-order valence-electron chi connectivity index (χ4n) is 3.30. The number of fused-ring (bicyclic) bond motifs is 2. The predicted molar refractivity (Wildman–Crippen MR) is 117 cm³/mol. The van der Waals surface area contributed by atoms with E-state index < -0.39 is 11.8 Å². The molecule has 10 heteroatoms. The number of imidazole rings is 2. The van der Waals surface area contributed by atoms with E-state index in [1.807, 2.05) is 30.3 Å². The Kier molecular flexibility index (Phi) is 4.54. The van der Waals surface area contributed by atoms with Crippen LogP contribution in [-0.4, -0.2) is 36.7 Å². The lowest BCUT2D eigenvalue weighted by Gasteiger charge is -2.03. The molecule has 0 saturated heterocycles. The second kappa shape index (κ2) is 7.66. The van der Waals surface area contributed by atoms with Gasteiger partial charge in [0.15, 0.2) is 0 Å². The van der Waals surface area contributed by atoms with Crippen LogP contribution in [0.3, 0.4) is 0 Å². The van der Waals surface area contributed by atoms with Crippen molar-refractivity contribution in [3.63, 3.8) is 0 Å². The molecule has 0 fully saturated rings. The number of anilines is 2. The zero-order chi connectivity index (χ0) is 22.1. The Morgan fingerprint density at radius 2 is 1.78 bits per heavy atom. The fourth-order valence-corrected chi connectivity index (χ4v) is 3.30. The number of hydrogen-bond acceptors (Lipinski definition) is 6. The van der Waals surface area contributed by atoms with Crippen LogP contribution in [0.25, 0.3) is 21.8 Å². The normalized spacial score (nSPS) is 10.7. The summed E-state index contributed by atoms with van der Waals surface area (Å²) in [6, 6.07) is 14.3. The Balaban J connectivity index is 1.47. The highest BCUT2D eigenvalue weighted by Gasteiger charge is 2.18. The topological polar surface area (TPSA) is 152 Å². The van der Waals surface area contributed by atoms with Gasteiger partial charge < -0.3 is 9.97 Å². The molecule has 3 heterocycles. The van der Waals surface area contributed by atoms with Gasteiger partial charge in [0.25, 0.3) is 11.8 Å². The Hall–Kier alpha value is -5.04. The average Bonchev–Trinajstić information content (AvgIpc) is 3.47. The van der Waals surface area contributed by atoms with E-state index in [1.165, 1.54) is 12.3 Å². The van der Waals surface area contributed by atoms with Crippen molar-refractivity contribution in [1.82, 2.24) is 24.9 Å². The van der Waals surface area contributed by atoms with Crippen molar-refractivity contribution in [2.24, 2.45) is 0 Å². The number of carbonyl (C=O) groups is 2. The van der Waals surface area contributed by atoms with Crippen LogP contribution in [0.5, 0.6) is 0 Å². The summed E-state index contributed by atoms with van der Waals surface area (Å²) in [6.45, 7) is 0. The summed E-state index contributed by atoms with van der Waals surface area (Å²) in [5.41, 5.74) is 1.37. The number of amides is 2. The molecular formula is C22H14N8O2. The molecular weight excluding hydrogens is 408 g/mol. The molecule has 0 atom stereocenters. The van der Waals surface area contributed by atoms with Gasteiger partial charge in [-0.2, -0.15) is 5.26 Å². The Labute approximate surface area is 180 Å². The summed E-state index contributed by atoms with van der Waals surface area (Å²) in [5, 5.41) is 16.4. The molecule has 5 aromatic rings. The van der Waals surface area contributed by atoms with E-state index in [0.717, 1.165) is 10.8 Å². The minimum absolute atomic E-state index is 0.127. The van der Waals surface area contributed by atoms with Crippen LogP contribution < -0.4 is 10.6 Å². The fraction of sp³-hybridized carbons (Fsp3) is 0. The first-order chi connectivity index (χ1) is 15.6. The van der Waals surface area contributed by atoms with Crippen molar-refractivity contribution in [3.05, 3.63) is 77.9 Å². The highest BCUT2D eigenvalue weighted by atomic mass is 16.2. The Bertz CT molecular complexity index is 1530. The molecule has 0 spiro atoms. The largest absolute Gasteiger partial charge is 0.331 e. The molecule has 0 aliphatic carbocycles. The third kappa shape index (κ3) is 3.50. The first-order valence-corrected chi connectivity index (χ1v) is 9.51. The van der Waals surface area contributed by atoms with Gasteiger partial charge in [0, 0.05) is 24.0 Å². The van der Waals surface area contributed by atoms with Crippen LogP contribution >= 0.6 is 0 Å². The minimum Gasteiger partial charge on any atom is -0.331 e. The first kappa shape index (κ1) is 19.0. The maximum Gasteiger partial charge on any atom is 0.276 e. The smallest absolute Gasteiger partial charge is 0.276 e. The van der Waals surface area contributed by atoms with Gasteiger partial charge in [-0.05, 0) is 23.6 Å². The number of nitriles is 1. The van der Waals surface area contributed by atoms with E-state index in [0.29, 0.717) is 11.0 Å². The van der Waals surface area contributed by atoms with Gasteiger partial charge in [-0.15, -0.1) is 0 Å². The predicted octanol–water partition coefficient (Wildman–Crippen LogP) is 3.21. The molecule has 10 nitrogen and oxygen atoms in total. The second-order valence-corrected chi connectivity index (χ2v) is 6.88. The molecule has 0 radical (unpaired) electrons. The lowest BCUT2D eigenvalue weighted by molar-refractivity contribution is 0.101. The summed E-state index contributed by atoms with van der Waals surface area (Å²) in [5.74, 6) is -0.571. The van der Waals surface area contributed by atoms with Crippen molar-refractivity contribution in [3.8, 4) is 6.07 Å². The van der Waals surface area contributed by atoms with E-state index in [2.05, 4.69) is 35.6 Å². The van der Waals surface area contributed by atoms with Crippen molar-refractivity contribution < 1.29 is 9.59 Å². The maximum absolute atomic E-state index is 12.7. The molecule has 2 amide bonds. The number of rotatable bonds is 4. The lowest BCUT2D eigenvalue weighted by Crippen LogP contribution is -2.15. The van der Waals surface area contributed by atoms with Gasteiger partial charge in [0.2, 0.25) is 11.9 Å². The molecule has 0 unspecified atom stereocenters. The summed E-state index contributed by atoms with van der Waals surface area (Å²) in [7, 11) is 0. The molecule has 0 aliphatic heterocycles. The molecule has 154 valence electrons. The third-order valence-corrected chi connectivity index (χ3v) is 4.79. The molecule has 2 aromatic carbocycles. The number of hydrogen-bond donors (Lipinski definition) is 4. The minimum atomic E-state index is -0.498. The Morgan fingerprint density at radius 3 is 2.56 bits per heavy atom. The van der Waals surface area contributed by atoms with E-state index >= 15 is 0 Å². The van der Waals surface area contributed by atoms with Crippen LogP contribution in [0.15, 0.2) is 61.1 Å². The monoisotopic (exact) mass is 422 g/mol. The van der Waals surface area contributed by atoms with Gasteiger partial charge in [0.05, 0.1) is 22.7 Å². The van der Waals surface area contributed by atoms with Crippen LogP contribution in [0.2, 0.25) is 0 Å². The van der Waals surface area contributed by atoms with Crippen molar-refractivity contribution >= 4 is 45.5 Å². The van der Waals surface area contributed by atoms with Gasteiger partial charge in [0.1, 0.15) is 11.2 Å². The number of H-pyrrole nitrogens is 2. The van der Waals surface area contributed by atoms with E-state index in [4.69, 9.17) is 0 Å². The SMILES string of the molecule is N#Cc1cc(C(=O)Nc2ncc[nH]2)c2nc(NC(=O)c3cc4ccccc4cn3)[nH]c2c1. The Morgan fingerprint density at radius 1 is 0.969 bits per heavy atom. The zero-order valence-electron chi connectivity index (χ0n) is 16.4. The van der Waals surface area contributed by atoms with Crippen LogP contribution in [0, 0.1) is 11.3 Å². The maximum atomic E-state index is 12.7. The molecule has 32 heavy (non-hydrogen) atoms. The highest BCUT2D eigenvalue weighted by Crippen LogP contribution is 2.22. The molecule has 3 aromatic heterocycles. The van der Waals surface area contributed by atoms with Gasteiger partial charge in [-0.25, -0.2) is 9.97 Å². The number of carbonyl (C=O) groups excluding carboxylic acids is 2. The van der Waals surface area contributed by atoms with Crippen LogP contribution in [0.1, 0.15) is 26.4 Å². The van der Waals surface area contributed by atoms with Crippen LogP contribution in [0.4, 0.5) is 11.9 Å². The molecule has 5 rings (SSSR count). The van der Waals surface area contributed by atoms with Crippen molar-refractivity contribution in [1.29, 1.82) is 5.26 Å². The standard InChI is InChI=1S/C22H14N8O2/c23-10-12-7-15(19(31)29-21-24-5-6-25-21)18-16(8-12)27-22(28-18)30-20(32)17-9-13-3-1-2-4-14(13)11-26-17/h1-9,11H,(H2,24,25,29,31)(H2,27,28,30,32). The molecule has 4 N–H and O–H groups in total. The molecule has 0 aliphatic rings. The van der Waals surface area contributed by atoms with Crippen LogP contribution in [-0.2, 0) is 0 Å². The van der Waals surface area contributed by atoms with E-state index in [-0.39, 0.29) is 28.7 Å². The van der Waals surface area contributed by atoms with Gasteiger partial charge in [-0.3, -0.25) is 25.2 Å². The van der Waals surface area contributed by atoms with Crippen molar-refractivity contribution in [2.75, 3.05) is 10.6 Å². The summed E-state index contributed by atoms with van der Waals surface area (Å²) in [6.07, 6.45) is 4.69. The molecule has 0 bridgehead atoms. The first-order valence-electron chi connectivity index (χ1n) is 9.51. The number of nitrogens with zero attached hydrogens (tertiary/aromatic N) is 4. The third-order valence-electron chi connectivity index (χ3n) is 4.79. The average molecular weight is 422 g/mol. The second-order valence-electron chi connectivity index (χ2n) is 6.88. The highest BCUT2D eigenvalue weighted by molar-refractivity contribution is 6.12. The van der Waals surface area contributed by atoms with Crippen molar-refractivity contribution in [2.45, 2.75) is 0 Å². The van der Waals surface area contributed by atoms with Gasteiger partial charge in [-0.1, -0.05) is 24.3 Å². The summed E-state index contributed by atoms with van der Waals surface area (Å²) >= 11 is 0. The quantitative estimate of drug-likeness (QED) is 0.349. The lowest BCUT2D eigenvalue weighted by atomic mass is 10.1. The number of pyridine rings is 1. The summed E-state index contributed by atoms with van der Waals surface area (Å²) in [4.78, 5) is 43.7. The number of benzene rings is 2. The van der Waals surface area contributed by atoms with E-state index in [1.54, 1.807) is 24.5 Å². The zero-order valence-corrected chi connectivity index (χ0v) is 16.4. The molecule has 0 saturated carbocycles.